The summed E-state index contributed by atoms with van der Waals surface area (Å²) >= 11 is 0. The summed E-state index contributed by atoms with van der Waals surface area (Å²) in [5.74, 6) is 1.90. The molecule has 168 valence electrons. The molecule has 0 bridgehead atoms. The van der Waals surface area contributed by atoms with E-state index < -0.39 is 0 Å². The van der Waals surface area contributed by atoms with Gasteiger partial charge in [0.25, 0.3) is 0 Å². The van der Waals surface area contributed by atoms with Gasteiger partial charge in [-0.15, -0.1) is 0 Å². The van der Waals surface area contributed by atoms with Gasteiger partial charge in [0.1, 0.15) is 5.82 Å². The fourth-order valence-corrected chi connectivity index (χ4v) is 3.68. The second kappa shape index (κ2) is 12.7. The summed E-state index contributed by atoms with van der Waals surface area (Å²) in [6.07, 6.45) is 4.19. The number of ether oxygens (including phenoxy) is 2. The van der Waals surface area contributed by atoms with E-state index in [9.17, 15) is 0 Å². The van der Waals surface area contributed by atoms with Crippen molar-refractivity contribution in [2.75, 3.05) is 70.5 Å². The summed E-state index contributed by atoms with van der Waals surface area (Å²) in [5.41, 5.74) is 1.12. The van der Waals surface area contributed by atoms with Crippen molar-refractivity contribution in [3.05, 3.63) is 23.9 Å². The van der Waals surface area contributed by atoms with Crippen molar-refractivity contribution in [1.29, 1.82) is 0 Å². The van der Waals surface area contributed by atoms with Crippen molar-refractivity contribution < 1.29 is 9.47 Å². The third-order valence-corrected chi connectivity index (χ3v) is 5.57. The highest BCUT2D eigenvalue weighted by Crippen LogP contribution is 2.14. The van der Waals surface area contributed by atoms with Crippen molar-refractivity contribution in [2.24, 2.45) is 4.99 Å². The Morgan fingerprint density at radius 1 is 1.23 bits per heavy atom. The molecule has 2 aliphatic heterocycles. The maximum atomic E-state index is 5.81. The number of guanidine groups is 1. The normalized spacial score (nSPS) is 20.5. The molecule has 0 aromatic carbocycles. The fourth-order valence-electron chi connectivity index (χ4n) is 3.68. The second-order valence-corrected chi connectivity index (χ2v) is 7.78. The average molecular weight is 419 g/mol. The maximum absolute atomic E-state index is 5.81. The first-order valence-electron chi connectivity index (χ1n) is 11.4. The van der Waals surface area contributed by atoms with Crippen molar-refractivity contribution in [1.82, 2.24) is 20.5 Å². The Labute approximate surface area is 181 Å². The van der Waals surface area contributed by atoms with E-state index in [4.69, 9.17) is 14.5 Å². The van der Waals surface area contributed by atoms with E-state index in [1.54, 1.807) is 0 Å². The summed E-state index contributed by atoms with van der Waals surface area (Å²) in [6, 6.07) is 4.26. The molecule has 2 fully saturated rings. The van der Waals surface area contributed by atoms with E-state index in [2.05, 4.69) is 51.4 Å². The van der Waals surface area contributed by atoms with Crippen LogP contribution in [0.15, 0.2) is 23.3 Å². The minimum absolute atomic E-state index is 0.276. The lowest BCUT2D eigenvalue weighted by Gasteiger charge is -2.34. The van der Waals surface area contributed by atoms with Crippen LogP contribution < -0.4 is 15.5 Å². The largest absolute Gasteiger partial charge is 0.379 e. The van der Waals surface area contributed by atoms with Gasteiger partial charge >= 0.3 is 0 Å². The van der Waals surface area contributed by atoms with Crippen LogP contribution in [0.25, 0.3) is 0 Å². The molecule has 0 amide bonds. The van der Waals surface area contributed by atoms with Crippen LogP contribution in [0, 0.1) is 0 Å². The summed E-state index contributed by atoms with van der Waals surface area (Å²) in [4.78, 5) is 14.2. The smallest absolute Gasteiger partial charge is 0.191 e. The third-order valence-electron chi connectivity index (χ3n) is 5.57. The minimum atomic E-state index is 0.276. The van der Waals surface area contributed by atoms with E-state index in [0.717, 1.165) is 95.8 Å². The zero-order valence-corrected chi connectivity index (χ0v) is 18.6. The summed E-state index contributed by atoms with van der Waals surface area (Å²) in [7, 11) is 0. The SMILES string of the molecule is CCNC(=NCc1ccc(N2CCN(CC)CC2)nc1)NCCCOC1CCOC1. The van der Waals surface area contributed by atoms with Crippen molar-refractivity contribution in [3.63, 3.8) is 0 Å². The number of likely N-dealkylation sites (N-methyl/N-ethyl adjacent to an activating group) is 1. The molecule has 1 aromatic rings. The number of anilines is 1. The Morgan fingerprint density at radius 3 is 2.77 bits per heavy atom. The van der Waals surface area contributed by atoms with Crippen molar-refractivity contribution in [2.45, 2.75) is 39.3 Å². The number of pyridine rings is 1. The molecule has 3 heterocycles. The van der Waals surface area contributed by atoms with Gasteiger partial charge in [-0.05, 0) is 37.9 Å². The lowest BCUT2D eigenvalue weighted by molar-refractivity contribution is 0.0420. The molecule has 2 saturated heterocycles. The number of nitrogens with one attached hydrogen (secondary N) is 2. The van der Waals surface area contributed by atoms with Crippen LogP contribution in [0.4, 0.5) is 5.82 Å². The van der Waals surface area contributed by atoms with Crippen LogP contribution in [0.3, 0.4) is 0 Å². The molecule has 30 heavy (non-hydrogen) atoms. The molecule has 8 nitrogen and oxygen atoms in total. The van der Waals surface area contributed by atoms with Crippen LogP contribution in [-0.2, 0) is 16.0 Å². The van der Waals surface area contributed by atoms with Gasteiger partial charge in [0.2, 0.25) is 0 Å². The van der Waals surface area contributed by atoms with Gasteiger partial charge in [0.15, 0.2) is 5.96 Å². The molecule has 1 atom stereocenters. The lowest BCUT2D eigenvalue weighted by Crippen LogP contribution is -2.46. The van der Waals surface area contributed by atoms with Gasteiger partial charge in [0, 0.05) is 58.7 Å². The Balaban J connectivity index is 1.40. The van der Waals surface area contributed by atoms with Crippen LogP contribution >= 0.6 is 0 Å². The minimum Gasteiger partial charge on any atom is -0.379 e. The number of rotatable bonds is 10. The van der Waals surface area contributed by atoms with Gasteiger partial charge in [-0.25, -0.2) is 9.98 Å². The third kappa shape index (κ3) is 7.41. The van der Waals surface area contributed by atoms with Gasteiger partial charge < -0.3 is 29.9 Å². The van der Waals surface area contributed by atoms with Crippen molar-refractivity contribution >= 4 is 11.8 Å². The van der Waals surface area contributed by atoms with E-state index >= 15 is 0 Å². The zero-order chi connectivity index (χ0) is 21.0. The molecule has 8 heteroatoms. The Bertz CT molecular complexity index is 625. The van der Waals surface area contributed by atoms with Gasteiger partial charge in [-0.1, -0.05) is 13.0 Å². The number of aliphatic imine (C=N–C) groups is 1. The highest BCUT2D eigenvalue weighted by molar-refractivity contribution is 5.79. The summed E-state index contributed by atoms with van der Waals surface area (Å²) in [6.45, 7) is 14.3. The van der Waals surface area contributed by atoms with Gasteiger partial charge in [-0.3, -0.25) is 0 Å². The Hall–Kier alpha value is -1.90. The number of nitrogens with zero attached hydrogens (tertiary/aromatic N) is 4. The molecule has 3 rings (SSSR count). The van der Waals surface area contributed by atoms with Gasteiger partial charge in [0.05, 0.1) is 19.3 Å². The molecule has 0 radical (unpaired) electrons. The molecular weight excluding hydrogens is 380 g/mol. The molecule has 1 aromatic heterocycles. The van der Waals surface area contributed by atoms with E-state index in [0.29, 0.717) is 6.54 Å². The molecule has 0 saturated carbocycles. The number of aromatic nitrogens is 1. The molecule has 0 aliphatic carbocycles. The van der Waals surface area contributed by atoms with E-state index in [1.807, 2.05) is 6.20 Å². The Kier molecular flexibility index (Phi) is 9.66. The van der Waals surface area contributed by atoms with Crippen LogP contribution in [-0.4, -0.2) is 87.6 Å². The molecule has 0 spiro atoms. The first-order chi connectivity index (χ1) is 14.8. The maximum Gasteiger partial charge on any atom is 0.191 e. The lowest BCUT2D eigenvalue weighted by atomic mass is 10.2. The second-order valence-electron chi connectivity index (χ2n) is 7.78. The Morgan fingerprint density at radius 2 is 2.10 bits per heavy atom. The predicted molar refractivity (Wildman–Crippen MR) is 121 cm³/mol. The van der Waals surface area contributed by atoms with E-state index in [1.165, 1.54) is 0 Å². The quantitative estimate of drug-likeness (QED) is 0.339. The average Bonchev–Trinajstić information content (AvgIpc) is 3.31. The summed E-state index contributed by atoms with van der Waals surface area (Å²) in [5, 5.41) is 6.69. The highest BCUT2D eigenvalue weighted by atomic mass is 16.5. The van der Waals surface area contributed by atoms with Crippen LogP contribution in [0.5, 0.6) is 0 Å². The molecule has 2 aliphatic rings. The molecule has 2 N–H and O–H groups in total. The van der Waals surface area contributed by atoms with Gasteiger partial charge in [-0.2, -0.15) is 0 Å². The van der Waals surface area contributed by atoms with Crippen LogP contribution in [0.2, 0.25) is 0 Å². The standard InChI is InChI=1S/C22H38N6O2/c1-3-23-22(24-9-5-14-30-20-8-15-29-18-20)26-17-19-6-7-21(25-16-19)28-12-10-27(4-2)11-13-28/h6-7,16,20H,3-5,8-15,17-18H2,1-2H3,(H2,23,24,26). The summed E-state index contributed by atoms with van der Waals surface area (Å²) < 4.78 is 11.1. The number of hydrogen-bond donors (Lipinski definition) is 2. The topological polar surface area (TPSA) is 74.3 Å². The van der Waals surface area contributed by atoms with Crippen LogP contribution in [0.1, 0.15) is 32.3 Å². The number of hydrogen-bond acceptors (Lipinski definition) is 6. The zero-order valence-electron chi connectivity index (χ0n) is 18.6. The molecular formula is C22H38N6O2. The monoisotopic (exact) mass is 418 g/mol. The predicted octanol–water partition coefficient (Wildman–Crippen LogP) is 1.47. The fraction of sp³-hybridized carbons (Fsp3) is 0.727. The first kappa shape index (κ1) is 22.8. The highest BCUT2D eigenvalue weighted by Gasteiger charge is 2.17. The van der Waals surface area contributed by atoms with E-state index in [-0.39, 0.29) is 6.10 Å². The van der Waals surface area contributed by atoms with Crippen molar-refractivity contribution in [3.8, 4) is 0 Å². The molecule has 1 unspecified atom stereocenters. The number of piperazine rings is 1. The first-order valence-corrected chi connectivity index (χ1v) is 11.4.